The van der Waals surface area contributed by atoms with E-state index in [4.69, 9.17) is 9.72 Å². The molecular weight excluding hydrogens is 428 g/mol. The van der Waals surface area contributed by atoms with Crippen LogP contribution in [0.1, 0.15) is 39.2 Å². The maximum absolute atomic E-state index is 12.1. The molecule has 34 heavy (non-hydrogen) atoms. The topological polar surface area (TPSA) is 92.3 Å². The van der Waals surface area contributed by atoms with Crippen molar-refractivity contribution in [3.63, 3.8) is 0 Å². The molecule has 0 bridgehead atoms. The maximum Gasteiger partial charge on any atom is 0.407 e. The molecule has 1 aliphatic rings. The molecule has 178 valence electrons. The molecule has 4 rings (SSSR count). The number of carbonyl (C=O) groups excluding carboxylic acids is 1. The van der Waals surface area contributed by atoms with Crippen LogP contribution in [0.3, 0.4) is 0 Å². The Morgan fingerprint density at radius 3 is 2.53 bits per heavy atom. The van der Waals surface area contributed by atoms with E-state index in [1.54, 1.807) is 6.20 Å². The average Bonchev–Trinajstić information content (AvgIpc) is 2.79. The third kappa shape index (κ3) is 6.43. The lowest BCUT2D eigenvalue weighted by molar-refractivity contribution is 0.0497. The van der Waals surface area contributed by atoms with Crippen molar-refractivity contribution in [1.29, 1.82) is 0 Å². The van der Waals surface area contributed by atoms with Gasteiger partial charge in [-0.1, -0.05) is 6.07 Å². The fourth-order valence-electron chi connectivity index (χ4n) is 3.88. The molecule has 1 fully saturated rings. The normalized spacial score (nSPS) is 14.5. The van der Waals surface area contributed by atoms with E-state index in [1.807, 2.05) is 70.3 Å². The predicted molar refractivity (Wildman–Crippen MR) is 134 cm³/mol. The molecule has 3 aromatic heterocycles. The number of amides is 1. The third-order valence-corrected chi connectivity index (χ3v) is 5.50. The largest absolute Gasteiger partial charge is 0.444 e. The highest BCUT2D eigenvalue weighted by atomic mass is 16.6. The van der Waals surface area contributed by atoms with Gasteiger partial charge in [-0.2, -0.15) is 0 Å². The van der Waals surface area contributed by atoms with Crippen LogP contribution in [0.25, 0.3) is 11.3 Å². The first kappa shape index (κ1) is 23.5. The fourth-order valence-corrected chi connectivity index (χ4v) is 3.88. The van der Waals surface area contributed by atoms with E-state index in [-0.39, 0.29) is 12.1 Å². The van der Waals surface area contributed by atoms with Crippen molar-refractivity contribution >= 4 is 23.5 Å². The lowest BCUT2D eigenvalue weighted by atomic mass is 10.0. The monoisotopic (exact) mass is 460 g/mol. The van der Waals surface area contributed by atoms with Crippen molar-refractivity contribution in [2.75, 3.05) is 23.3 Å². The van der Waals surface area contributed by atoms with E-state index in [1.165, 1.54) is 0 Å². The van der Waals surface area contributed by atoms with Crippen LogP contribution in [0.15, 0.2) is 54.9 Å². The first-order valence-electron chi connectivity index (χ1n) is 11.6. The van der Waals surface area contributed by atoms with Crippen LogP contribution in [0.4, 0.5) is 22.2 Å². The minimum Gasteiger partial charge on any atom is -0.444 e. The van der Waals surface area contributed by atoms with Crippen molar-refractivity contribution in [1.82, 2.24) is 20.3 Å². The lowest BCUT2D eigenvalue weighted by Gasteiger charge is -2.33. The Balaban J connectivity index is 1.40. The number of nitrogens with one attached hydrogen (secondary N) is 2. The summed E-state index contributed by atoms with van der Waals surface area (Å²) >= 11 is 0. The summed E-state index contributed by atoms with van der Waals surface area (Å²) in [6.07, 6.45) is 4.92. The van der Waals surface area contributed by atoms with Crippen LogP contribution >= 0.6 is 0 Å². The van der Waals surface area contributed by atoms with Crippen molar-refractivity contribution in [2.45, 2.75) is 52.2 Å². The van der Waals surface area contributed by atoms with E-state index in [2.05, 4.69) is 31.6 Å². The molecule has 1 aliphatic heterocycles. The molecule has 4 heterocycles. The zero-order chi connectivity index (χ0) is 24.1. The van der Waals surface area contributed by atoms with E-state index < -0.39 is 5.60 Å². The summed E-state index contributed by atoms with van der Waals surface area (Å²) in [6, 6.07) is 14.0. The van der Waals surface area contributed by atoms with Gasteiger partial charge in [0.1, 0.15) is 23.1 Å². The van der Waals surface area contributed by atoms with Gasteiger partial charge in [0.25, 0.3) is 0 Å². The van der Waals surface area contributed by atoms with Crippen molar-refractivity contribution in [3.8, 4) is 11.3 Å². The zero-order valence-electron chi connectivity index (χ0n) is 20.2. The van der Waals surface area contributed by atoms with Crippen molar-refractivity contribution in [3.05, 3.63) is 60.4 Å². The first-order chi connectivity index (χ1) is 16.2. The molecule has 3 aromatic rings. The summed E-state index contributed by atoms with van der Waals surface area (Å²) in [5.41, 5.74) is 2.51. The lowest BCUT2D eigenvalue weighted by Crippen LogP contribution is -2.46. The molecule has 0 aliphatic carbocycles. The Bertz CT molecular complexity index is 1140. The summed E-state index contributed by atoms with van der Waals surface area (Å²) in [6.45, 7) is 9.26. The Morgan fingerprint density at radius 2 is 1.79 bits per heavy atom. The molecule has 2 N–H and O–H groups in total. The zero-order valence-corrected chi connectivity index (χ0v) is 20.2. The summed E-state index contributed by atoms with van der Waals surface area (Å²) in [4.78, 5) is 28.0. The van der Waals surface area contributed by atoms with Crippen molar-refractivity contribution in [2.24, 2.45) is 0 Å². The highest BCUT2D eigenvalue weighted by Gasteiger charge is 2.24. The van der Waals surface area contributed by atoms with Crippen LogP contribution in [0.5, 0.6) is 0 Å². The number of alkyl carbamates (subject to hydrolysis) is 1. The predicted octanol–water partition coefficient (Wildman–Crippen LogP) is 5.08. The first-order valence-corrected chi connectivity index (χ1v) is 11.6. The molecule has 0 spiro atoms. The third-order valence-electron chi connectivity index (χ3n) is 5.50. The smallest absolute Gasteiger partial charge is 0.407 e. The number of carbonyl (C=O) groups is 1. The van der Waals surface area contributed by atoms with Crippen LogP contribution in [0, 0.1) is 6.92 Å². The molecule has 0 saturated carbocycles. The number of ether oxygens (including phenoxy) is 1. The Morgan fingerprint density at radius 1 is 1.03 bits per heavy atom. The average molecular weight is 461 g/mol. The quantitative estimate of drug-likeness (QED) is 0.548. The van der Waals surface area contributed by atoms with Crippen molar-refractivity contribution < 1.29 is 9.53 Å². The Labute approximate surface area is 200 Å². The summed E-state index contributed by atoms with van der Waals surface area (Å²) in [7, 11) is 0. The SMILES string of the molecule is Cc1ccnc(Nc2cccc(-c3ccnc(N4CCC(NC(=O)OC(C)(C)C)CC4)c3)n2)c1. The standard InChI is InChI=1S/C26H32N6O2/c1-18-8-12-27-23(16-18)31-22-7-5-6-21(30-22)19-9-13-28-24(17-19)32-14-10-20(11-15-32)29-25(33)34-26(2,3)4/h5-9,12-13,16-17,20H,10-11,14-15H2,1-4H3,(H,29,33)(H,27,30,31). The molecule has 0 atom stereocenters. The summed E-state index contributed by atoms with van der Waals surface area (Å²) < 4.78 is 5.38. The number of anilines is 3. The van der Waals surface area contributed by atoms with Gasteiger partial charge in [0.15, 0.2) is 0 Å². The number of nitrogens with zero attached hydrogens (tertiary/aromatic N) is 4. The number of aromatic nitrogens is 3. The second-order valence-electron chi connectivity index (χ2n) is 9.56. The molecule has 0 radical (unpaired) electrons. The molecule has 0 unspecified atom stereocenters. The minimum absolute atomic E-state index is 0.105. The van der Waals surface area contributed by atoms with Crippen LogP contribution < -0.4 is 15.5 Å². The number of rotatable bonds is 5. The van der Waals surface area contributed by atoms with Gasteiger partial charge in [-0.25, -0.2) is 19.7 Å². The molecule has 0 aromatic carbocycles. The number of aryl methyl sites for hydroxylation is 1. The van der Waals surface area contributed by atoms with Gasteiger partial charge in [-0.05, 0) is 82.5 Å². The van der Waals surface area contributed by atoms with E-state index in [9.17, 15) is 4.79 Å². The van der Waals surface area contributed by atoms with Crippen LogP contribution in [0.2, 0.25) is 0 Å². The molecule has 8 nitrogen and oxygen atoms in total. The number of pyridine rings is 3. The maximum atomic E-state index is 12.1. The van der Waals surface area contributed by atoms with E-state index >= 15 is 0 Å². The molecule has 1 saturated heterocycles. The van der Waals surface area contributed by atoms with Gasteiger partial charge in [0.2, 0.25) is 0 Å². The van der Waals surface area contributed by atoms with Crippen LogP contribution in [-0.4, -0.2) is 45.8 Å². The molecular formula is C26H32N6O2. The summed E-state index contributed by atoms with van der Waals surface area (Å²) in [5.74, 6) is 2.42. The second-order valence-corrected chi connectivity index (χ2v) is 9.56. The van der Waals surface area contributed by atoms with Crippen LogP contribution in [-0.2, 0) is 4.74 Å². The van der Waals surface area contributed by atoms with E-state index in [0.717, 1.165) is 60.2 Å². The highest BCUT2D eigenvalue weighted by Crippen LogP contribution is 2.25. The number of hydrogen-bond acceptors (Lipinski definition) is 7. The molecule has 8 heteroatoms. The number of hydrogen-bond donors (Lipinski definition) is 2. The fraction of sp³-hybridized carbons (Fsp3) is 0.385. The summed E-state index contributed by atoms with van der Waals surface area (Å²) in [5, 5.41) is 6.26. The van der Waals surface area contributed by atoms with Gasteiger partial charge in [-0.3, -0.25) is 0 Å². The Kier molecular flexibility index (Phi) is 6.95. The van der Waals surface area contributed by atoms with Gasteiger partial charge in [0.05, 0.1) is 5.69 Å². The van der Waals surface area contributed by atoms with Gasteiger partial charge in [-0.15, -0.1) is 0 Å². The minimum atomic E-state index is -0.493. The Hall–Kier alpha value is -3.68. The van der Waals surface area contributed by atoms with Gasteiger partial charge < -0.3 is 20.3 Å². The second kappa shape index (κ2) is 10.1. The highest BCUT2D eigenvalue weighted by molar-refractivity contribution is 5.68. The van der Waals surface area contributed by atoms with Gasteiger partial charge >= 0.3 is 6.09 Å². The molecule has 1 amide bonds. The van der Waals surface area contributed by atoms with E-state index in [0.29, 0.717) is 0 Å². The van der Waals surface area contributed by atoms with Gasteiger partial charge in [0, 0.05) is 37.1 Å². The number of piperidine rings is 1.